The van der Waals surface area contributed by atoms with Crippen LogP contribution in [0.5, 0.6) is 11.5 Å². The first-order valence-corrected chi connectivity index (χ1v) is 10.8. The summed E-state index contributed by atoms with van der Waals surface area (Å²) < 4.78 is 24.5. The van der Waals surface area contributed by atoms with Gasteiger partial charge in [-0.15, -0.1) is 0 Å². The predicted octanol–water partition coefficient (Wildman–Crippen LogP) is 5.42. The molecule has 5 rings (SSSR count). The van der Waals surface area contributed by atoms with Crippen molar-refractivity contribution in [3.05, 3.63) is 71.6 Å². The van der Waals surface area contributed by atoms with E-state index in [0.717, 1.165) is 16.5 Å². The molecule has 2 aliphatic rings. The van der Waals surface area contributed by atoms with Crippen LogP contribution in [0.3, 0.4) is 0 Å². The number of ketones is 1. The van der Waals surface area contributed by atoms with Gasteiger partial charge in [-0.3, -0.25) is 9.36 Å². The number of hydrogen-bond donors (Lipinski definition) is 0. The molecule has 2 unspecified atom stereocenters. The van der Waals surface area contributed by atoms with Gasteiger partial charge in [-0.25, -0.2) is 4.79 Å². The van der Waals surface area contributed by atoms with Crippen LogP contribution in [0.1, 0.15) is 49.2 Å². The molecular formula is C26H25NO6. The molecule has 3 aromatic rings. The molecule has 0 amide bonds. The fourth-order valence-electron chi connectivity index (χ4n) is 4.27. The highest BCUT2D eigenvalue weighted by atomic mass is 16.6. The second-order valence-corrected chi connectivity index (χ2v) is 9.18. The van der Waals surface area contributed by atoms with E-state index in [2.05, 4.69) is 0 Å². The van der Waals surface area contributed by atoms with Gasteiger partial charge in [0.05, 0.1) is 30.0 Å². The van der Waals surface area contributed by atoms with Crippen molar-refractivity contribution >= 4 is 22.8 Å². The monoisotopic (exact) mass is 447 g/mol. The van der Waals surface area contributed by atoms with E-state index >= 15 is 0 Å². The van der Waals surface area contributed by atoms with Crippen LogP contribution in [-0.4, -0.2) is 35.3 Å². The lowest BCUT2D eigenvalue weighted by atomic mass is 9.89. The van der Waals surface area contributed by atoms with Crippen LogP contribution in [0.2, 0.25) is 0 Å². The smallest absolute Gasteiger partial charge is 0.419 e. The van der Waals surface area contributed by atoms with E-state index in [4.69, 9.17) is 18.9 Å². The van der Waals surface area contributed by atoms with Gasteiger partial charge in [0.1, 0.15) is 29.3 Å². The van der Waals surface area contributed by atoms with Gasteiger partial charge in [0.2, 0.25) is 0 Å². The Balaban J connectivity index is 1.49. The molecule has 0 saturated carbocycles. The molecule has 7 heteroatoms. The number of carbonyl (C=O) groups excluding carboxylic acids is 2. The summed E-state index contributed by atoms with van der Waals surface area (Å²) in [5, 5.41) is 0.887. The number of methoxy groups -OCH3 is 1. The molecule has 2 aromatic carbocycles. The van der Waals surface area contributed by atoms with Gasteiger partial charge in [0, 0.05) is 23.6 Å². The zero-order chi connectivity index (χ0) is 23.3. The van der Waals surface area contributed by atoms with Crippen molar-refractivity contribution < 1.29 is 28.5 Å². The molecular weight excluding hydrogens is 422 g/mol. The summed E-state index contributed by atoms with van der Waals surface area (Å²) in [5.41, 5.74) is 1.89. The Kier molecular flexibility index (Phi) is 4.92. The Labute approximate surface area is 191 Å². The standard InChI is InChI=1S/C26H25NO6/c1-26(2,3)33-25(29)27-13-18(16-7-5-6-8-20(16)27)22-12-23-19(14-31-22)24(28)17-11-15(30-4)9-10-21(17)32-23/h5-11,13-14,22-23H,12H2,1-4H3. The number of hydrogen-bond acceptors (Lipinski definition) is 6. The van der Waals surface area contributed by atoms with Crippen molar-refractivity contribution in [2.75, 3.05) is 7.11 Å². The normalized spacial score (nSPS) is 19.6. The second-order valence-electron chi connectivity index (χ2n) is 9.18. The fraction of sp³-hybridized carbons (Fsp3) is 0.308. The number of ether oxygens (including phenoxy) is 4. The van der Waals surface area contributed by atoms with Gasteiger partial charge in [-0.2, -0.15) is 0 Å². The highest BCUT2D eigenvalue weighted by molar-refractivity contribution is 6.12. The predicted molar refractivity (Wildman–Crippen MR) is 122 cm³/mol. The summed E-state index contributed by atoms with van der Waals surface area (Å²) in [6.45, 7) is 5.50. The minimum Gasteiger partial charge on any atom is -0.497 e. The van der Waals surface area contributed by atoms with Crippen molar-refractivity contribution in [1.29, 1.82) is 0 Å². The molecule has 0 radical (unpaired) electrons. The summed E-state index contributed by atoms with van der Waals surface area (Å²) in [5.74, 6) is 0.990. The van der Waals surface area contributed by atoms with Crippen LogP contribution in [-0.2, 0) is 9.47 Å². The maximum absolute atomic E-state index is 13.1. The van der Waals surface area contributed by atoms with E-state index in [1.54, 1.807) is 31.5 Å². The van der Waals surface area contributed by atoms with Gasteiger partial charge < -0.3 is 18.9 Å². The largest absolute Gasteiger partial charge is 0.497 e. The molecule has 0 bridgehead atoms. The number of carbonyl (C=O) groups is 2. The molecule has 0 aliphatic carbocycles. The maximum atomic E-state index is 13.1. The van der Waals surface area contributed by atoms with Crippen LogP contribution in [0, 0.1) is 0 Å². The van der Waals surface area contributed by atoms with Crippen LogP contribution in [0.4, 0.5) is 4.79 Å². The molecule has 2 atom stereocenters. The molecule has 170 valence electrons. The van der Waals surface area contributed by atoms with Crippen molar-refractivity contribution in [3.63, 3.8) is 0 Å². The van der Waals surface area contributed by atoms with E-state index in [-0.39, 0.29) is 11.9 Å². The van der Waals surface area contributed by atoms with Crippen LogP contribution in [0.15, 0.2) is 60.5 Å². The van der Waals surface area contributed by atoms with Crippen LogP contribution < -0.4 is 9.47 Å². The number of aromatic nitrogens is 1. The number of fused-ring (bicyclic) bond motifs is 3. The zero-order valence-electron chi connectivity index (χ0n) is 19.0. The average molecular weight is 447 g/mol. The number of nitrogens with zero attached hydrogens (tertiary/aromatic N) is 1. The van der Waals surface area contributed by atoms with Gasteiger partial charge in [0.25, 0.3) is 0 Å². The third-order valence-corrected chi connectivity index (χ3v) is 5.78. The maximum Gasteiger partial charge on any atom is 0.419 e. The Morgan fingerprint density at radius 3 is 2.67 bits per heavy atom. The van der Waals surface area contributed by atoms with Gasteiger partial charge in [-0.1, -0.05) is 18.2 Å². The third kappa shape index (κ3) is 3.73. The van der Waals surface area contributed by atoms with E-state index in [9.17, 15) is 9.59 Å². The van der Waals surface area contributed by atoms with E-state index in [1.807, 2.05) is 45.0 Å². The highest BCUT2D eigenvalue weighted by Gasteiger charge is 2.39. The van der Waals surface area contributed by atoms with Crippen molar-refractivity contribution in [2.24, 2.45) is 0 Å². The molecule has 0 N–H and O–H groups in total. The molecule has 0 fully saturated rings. The molecule has 1 aromatic heterocycles. The summed E-state index contributed by atoms with van der Waals surface area (Å²) >= 11 is 0. The summed E-state index contributed by atoms with van der Waals surface area (Å²) in [6.07, 6.45) is 2.39. The van der Waals surface area contributed by atoms with Gasteiger partial charge in [-0.05, 0) is 45.0 Å². The first-order chi connectivity index (χ1) is 15.7. The Morgan fingerprint density at radius 1 is 1.12 bits per heavy atom. The fourth-order valence-corrected chi connectivity index (χ4v) is 4.27. The van der Waals surface area contributed by atoms with Crippen LogP contribution in [0.25, 0.3) is 10.9 Å². The minimum absolute atomic E-state index is 0.130. The molecule has 2 aliphatic heterocycles. The molecule has 0 spiro atoms. The Hall–Kier alpha value is -3.74. The third-order valence-electron chi connectivity index (χ3n) is 5.78. The first kappa shape index (κ1) is 21.1. The van der Waals surface area contributed by atoms with Gasteiger partial charge in [0.15, 0.2) is 5.78 Å². The lowest BCUT2D eigenvalue weighted by Gasteiger charge is -2.33. The van der Waals surface area contributed by atoms with Crippen molar-refractivity contribution in [3.8, 4) is 11.5 Å². The van der Waals surface area contributed by atoms with E-state index in [1.165, 1.54) is 10.8 Å². The minimum atomic E-state index is -0.617. The highest BCUT2D eigenvalue weighted by Crippen LogP contribution is 2.41. The van der Waals surface area contributed by atoms with Crippen LogP contribution >= 0.6 is 0 Å². The summed E-state index contributed by atoms with van der Waals surface area (Å²) in [7, 11) is 1.56. The second kappa shape index (κ2) is 7.69. The molecule has 0 saturated heterocycles. The Bertz CT molecular complexity index is 1300. The lowest BCUT2D eigenvalue weighted by Crippen LogP contribution is -2.34. The molecule has 3 heterocycles. The average Bonchev–Trinajstić information content (AvgIpc) is 3.17. The number of para-hydroxylation sites is 1. The van der Waals surface area contributed by atoms with E-state index < -0.39 is 17.8 Å². The molecule has 7 nitrogen and oxygen atoms in total. The van der Waals surface area contributed by atoms with Crippen molar-refractivity contribution in [1.82, 2.24) is 4.57 Å². The zero-order valence-corrected chi connectivity index (χ0v) is 19.0. The quantitative estimate of drug-likeness (QED) is 0.522. The lowest BCUT2D eigenvalue weighted by molar-refractivity contribution is 0.0531. The van der Waals surface area contributed by atoms with Crippen molar-refractivity contribution in [2.45, 2.75) is 45.0 Å². The molecule has 33 heavy (non-hydrogen) atoms. The topological polar surface area (TPSA) is 76.0 Å². The SMILES string of the molecule is COc1ccc2c(c1)C(=O)C1=COC(c3cn(C(=O)OC(C)(C)C)c4ccccc34)CC1O2. The number of Topliss-reactive ketones (excluding diaryl/α,β-unsaturated/α-hetero) is 1. The summed E-state index contributed by atoms with van der Waals surface area (Å²) in [4.78, 5) is 25.9. The Morgan fingerprint density at radius 2 is 1.91 bits per heavy atom. The van der Waals surface area contributed by atoms with Gasteiger partial charge >= 0.3 is 6.09 Å². The van der Waals surface area contributed by atoms with E-state index in [0.29, 0.717) is 29.1 Å². The first-order valence-electron chi connectivity index (χ1n) is 10.8. The number of benzene rings is 2. The number of rotatable bonds is 2. The summed E-state index contributed by atoms with van der Waals surface area (Å²) in [6, 6.07) is 12.8.